The smallest absolute Gasteiger partial charge is 0.247 e. The number of rotatable bonds is 0. The molecule has 0 aliphatic carbocycles. The van der Waals surface area contributed by atoms with Crippen molar-refractivity contribution in [2.24, 2.45) is 0 Å². The van der Waals surface area contributed by atoms with Gasteiger partial charge in [-0.05, 0) is 41.6 Å². The molecule has 0 radical (unpaired) electrons. The van der Waals surface area contributed by atoms with E-state index in [0.29, 0.717) is 3.70 Å². The molecular formula is C7H5F3IN. The molecule has 0 fully saturated rings. The molecule has 66 valence electrons. The second-order valence-electron chi connectivity index (χ2n) is 2.26. The van der Waals surface area contributed by atoms with E-state index in [4.69, 9.17) is 0 Å². The molecular weight excluding hydrogens is 282 g/mol. The maximum absolute atomic E-state index is 12.1. The molecule has 0 atom stereocenters. The Bertz CT molecular complexity index is 295. The molecule has 0 amide bonds. The van der Waals surface area contributed by atoms with Crippen LogP contribution >= 0.6 is 22.6 Å². The molecule has 0 saturated heterocycles. The van der Waals surface area contributed by atoms with Crippen LogP contribution in [0.5, 0.6) is 0 Å². The van der Waals surface area contributed by atoms with E-state index in [1.54, 1.807) is 0 Å². The standard InChI is InChI=1S/C7H5F3IN/c1-4-5(7(8,9)10)2-3-6(11)12-4/h2-3H,1H3. The second kappa shape index (κ2) is 3.20. The summed E-state index contributed by atoms with van der Waals surface area (Å²) >= 11 is 1.87. The van der Waals surface area contributed by atoms with Gasteiger partial charge in [0.15, 0.2) is 0 Å². The third kappa shape index (κ3) is 2.09. The lowest BCUT2D eigenvalue weighted by molar-refractivity contribution is -0.138. The summed E-state index contributed by atoms with van der Waals surface area (Å²) in [5, 5.41) is 0. The summed E-state index contributed by atoms with van der Waals surface area (Å²) in [5.74, 6) is 0. The molecule has 0 aliphatic heterocycles. The molecule has 0 saturated carbocycles. The molecule has 1 rings (SSSR count). The van der Waals surface area contributed by atoms with Gasteiger partial charge in [-0.25, -0.2) is 4.98 Å². The minimum absolute atomic E-state index is 0.0226. The van der Waals surface area contributed by atoms with Crippen LogP contribution < -0.4 is 0 Å². The Balaban J connectivity index is 3.19. The van der Waals surface area contributed by atoms with E-state index in [0.717, 1.165) is 6.07 Å². The molecule has 0 aromatic carbocycles. The van der Waals surface area contributed by atoms with Crippen molar-refractivity contribution in [3.8, 4) is 0 Å². The molecule has 0 unspecified atom stereocenters. The van der Waals surface area contributed by atoms with Gasteiger partial charge in [0.2, 0.25) is 0 Å². The summed E-state index contributed by atoms with van der Waals surface area (Å²) in [5.41, 5.74) is -0.641. The average Bonchev–Trinajstić information content (AvgIpc) is 1.83. The Morgan fingerprint density at radius 2 is 1.92 bits per heavy atom. The Kier molecular flexibility index (Phi) is 2.60. The van der Waals surface area contributed by atoms with Crippen molar-refractivity contribution in [3.05, 3.63) is 27.1 Å². The third-order valence-corrected chi connectivity index (χ3v) is 1.96. The van der Waals surface area contributed by atoms with E-state index < -0.39 is 11.7 Å². The summed E-state index contributed by atoms with van der Waals surface area (Å²) < 4.78 is 37.0. The van der Waals surface area contributed by atoms with Gasteiger partial charge in [0.25, 0.3) is 0 Å². The van der Waals surface area contributed by atoms with Crippen LogP contribution in [0.4, 0.5) is 13.2 Å². The number of halogens is 4. The lowest BCUT2D eigenvalue weighted by atomic mass is 10.2. The molecule has 0 bridgehead atoms. The number of nitrogens with zero attached hydrogens (tertiary/aromatic N) is 1. The zero-order chi connectivity index (χ0) is 9.35. The number of alkyl halides is 3. The van der Waals surface area contributed by atoms with Crippen molar-refractivity contribution in [1.82, 2.24) is 4.98 Å². The van der Waals surface area contributed by atoms with Crippen LogP contribution in [0.25, 0.3) is 0 Å². The van der Waals surface area contributed by atoms with Crippen molar-refractivity contribution in [2.75, 3.05) is 0 Å². The zero-order valence-corrected chi connectivity index (χ0v) is 8.27. The van der Waals surface area contributed by atoms with Crippen LogP contribution in [0.3, 0.4) is 0 Å². The van der Waals surface area contributed by atoms with Crippen LogP contribution in [-0.2, 0) is 6.18 Å². The van der Waals surface area contributed by atoms with Gasteiger partial charge in [0.05, 0.1) is 11.3 Å². The number of hydrogen-bond donors (Lipinski definition) is 0. The maximum Gasteiger partial charge on any atom is 0.418 e. The first-order chi connectivity index (χ1) is 5.41. The second-order valence-corrected chi connectivity index (χ2v) is 3.37. The van der Waals surface area contributed by atoms with Crippen molar-refractivity contribution >= 4 is 22.6 Å². The molecule has 0 N–H and O–H groups in total. The first-order valence-electron chi connectivity index (χ1n) is 3.11. The summed E-state index contributed by atoms with van der Waals surface area (Å²) in [6.07, 6.45) is -4.29. The van der Waals surface area contributed by atoms with E-state index in [2.05, 4.69) is 4.98 Å². The molecule has 1 aromatic rings. The first-order valence-corrected chi connectivity index (χ1v) is 4.19. The van der Waals surface area contributed by atoms with Crippen LogP contribution in [0.2, 0.25) is 0 Å². The first kappa shape index (κ1) is 9.76. The number of hydrogen-bond acceptors (Lipinski definition) is 1. The highest BCUT2D eigenvalue weighted by atomic mass is 127. The van der Waals surface area contributed by atoms with Crippen LogP contribution in [-0.4, -0.2) is 4.98 Å². The van der Waals surface area contributed by atoms with Crippen LogP contribution in [0.15, 0.2) is 12.1 Å². The summed E-state index contributed by atoms with van der Waals surface area (Å²) in [4.78, 5) is 3.71. The molecule has 1 aromatic heterocycles. The fraction of sp³-hybridized carbons (Fsp3) is 0.286. The topological polar surface area (TPSA) is 12.9 Å². The van der Waals surface area contributed by atoms with E-state index in [1.807, 2.05) is 22.6 Å². The van der Waals surface area contributed by atoms with E-state index in [-0.39, 0.29) is 5.69 Å². The highest BCUT2D eigenvalue weighted by Crippen LogP contribution is 2.30. The number of aryl methyl sites for hydroxylation is 1. The van der Waals surface area contributed by atoms with Gasteiger partial charge in [0, 0.05) is 0 Å². The third-order valence-electron chi connectivity index (χ3n) is 1.36. The lowest BCUT2D eigenvalue weighted by Crippen LogP contribution is -2.08. The number of aromatic nitrogens is 1. The van der Waals surface area contributed by atoms with Crippen molar-refractivity contribution in [3.63, 3.8) is 0 Å². The van der Waals surface area contributed by atoms with Gasteiger partial charge in [-0.2, -0.15) is 13.2 Å². The summed E-state index contributed by atoms with van der Waals surface area (Å²) in [6, 6.07) is 2.39. The quantitative estimate of drug-likeness (QED) is 0.528. The largest absolute Gasteiger partial charge is 0.418 e. The van der Waals surface area contributed by atoms with Gasteiger partial charge >= 0.3 is 6.18 Å². The molecule has 0 spiro atoms. The summed E-state index contributed by atoms with van der Waals surface area (Å²) in [6.45, 7) is 1.35. The highest BCUT2D eigenvalue weighted by Gasteiger charge is 2.32. The molecule has 12 heavy (non-hydrogen) atoms. The van der Waals surface area contributed by atoms with Gasteiger partial charge in [0.1, 0.15) is 3.70 Å². The fourth-order valence-corrected chi connectivity index (χ4v) is 1.37. The normalized spacial score (nSPS) is 11.8. The molecule has 0 aliphatic rings. The highest BCUT2D eigenvalue weighted by molar-refractivity contribution is 14.1. The van der Waals surface area contributed by atoms with Gasteiger partial charge in [-0.1, -0.05) is 0 Å². The molecule has 5 heteroatoms. The lowest BCUT2D eigenvalue weighted by Gasteiger charge is -2.08. The molecule has 1 nitrogen and oxygen atoms in total. The Hall–Kier alpha value is -0.330. The predicted molar refractivity (Wildman–Crippen MR) is 46.7 cm³/mol. The van der Waals surface area contributed by atoms with E-state index >= 15 is 0 Å². The fourth-order valence-electron chi connectivity index (χ4n) is 0.830. The predicted octanol–water partition coefficient (Wildman–Crippen LogP) is 3.01. The van der Waals surface area contributed by atoms with E-state index in [9.17, 15) is 13.2 Å². The van der Waals surface area contributed by atoms with Gasteiger partial charge in [-0.15, -0.1) is 0 Å². The minimum Gasteiger partial charge on any atom is -0.247 e. The van der Waals surface area contributed by atoms with Crippen LogP contribution in [0, 0.1) is 10.6 Å². The maximum atomic E-state index is 12.1. The number of pyridine rings is 1. The van der Waals surface area contributed by atoms with Crippen LogP contribution in [0.1, 0.15) is 11.3 Å². The molecule has 1 heterocycles. The minimum atomic E-state index is -4.29. The van der Waals surface area contributed by atoms with Crippen molar-refractivity contribution in [2.45, 2.75) is 13.1 Å². The Labute approximate surface area is 81.1 Å². The Morgan fingerprint density at radius 3 is 2.33 bits per heavy atom. The van der Waals surface area contributed by atoms with Gasteiger partial charge in [-0.3, -0.25) is 0 Å². The van der Waals surface area contributed by atoms with Crippen molar-refractivity contribution in [1.29, 1.82) is 0 Å². The van der Waals surface area contributed by atoms with Gasteiger partial charge < -0.3 is 0 Å². The summed E-state index contributed by atoms with van der Waals surface area (Å²) in [7, 11) is 0. The average molecular weight is 287 g/mol. The zero-order valence-electron chi connectivity index (χ0n) is 6.11. The monoisotopic (exact) mass is 287 g/mol. The Morgan fingerprint density at radius 1 is 1.33 bits per heavy atom. The van der Waals surface area contributed by atoms with Crippen molar-refractivity contribution < 1.29 is 13.2 Å². The SMILES string of the molecule is Cc1nc(I)ccc1C(F)(F)F. The van der Waals surface area contributed by atoms with E-state index in [1.165, 1.54) is 13.0 Å².